The Kier molecular flexibility index (Phi) is 4.39. The van der Waals surface area contributed by atoms with Gasteiger partial charge in [-0.3, -0.25) is 5.32 Å². The minimum absolute atomic E-state index is 0.257. The Morgan fingerprint density at radius 3 is 2.52 bits per heavy atom. The van der Waals surface area contributed by atoms with Crippen molar-refractivity contribution in [2.24, 2.45) is 0 Å². The number of anilines is 1. The van der Waals surface area contributed by atoms with Crippen molar-refractivity contribution >= 4 is 17.5 Å². The van der Waals surface area contributed by atoms with E-state index in [-0.39, 0.29) is 17.3 Å². The van der Waals surface area contributed by atoms with Gasteiger partial charge < -0.3 is 10.1 Å². The number of methoxy groups -OCH3 is 1. The molecule has 1 heterocycles. The molecule has 0 saturated carbocycles. The van der Waals surface area contributed by atoms with Crippen LogP contribution in [0.4, 0.5) is 23.7 Å². The lowest BCUT2D eigenvalue weighted by Crippen LogP contribution is -2.26. The fourth-order valence-corrected chi connectivity index (χ4v) is 2.64. The number of alkyl halides is 3. The molecule has 0 aromatic heterocycles. The molecule has 1 atom stereocenters. The van der Waals surface area contributed by atoms with Gasteiger partial charge in [-0.2, -0.15) is 13.2 Å². The van der Waals surface area contributed by atoms with Crippen molar-refractivity contribution in [1.82, 2.24) is 5.32 Å². The first-order valence-corrected chi connectivity index (χ1v) is 7.48. The van der Waals surface area contributed by atoms with Crippen molar-refractivity contribution < 1.29 is 22.7 Å². The summed E-state index contributed by atoms with van der Waals surface area (Å²) in [4.78, 5) is 11.6. The minimum atomic E-state index is -4.47. The lowest BCUT2D eigenvalue weighted by atomic mass is 9.96. The number of carbonyl (C=O) groups is 1. The van der Waals surface area contributed by atoms with Gasteiger partial charge in [-0.25, -0.2) is 4.79 Å². The molecule has 130 valence electrons. The van der Waals surface area contributed by atoms with Crippen molar-refractivity contribution in [3.05, 3.63) is 71.3 Å². The third-order valence-corrected chi connectivity index (χ3v) is 3.86. The van der Waals surface area contributed by atoms with Gasteiger partial charge >= 0.3 is 12.3 Å². The van der Waals surface area contributed by atoms with E-state index in [1.165, 1.54) is 13.2 Å². The number of nitrogens with one attached hydrogen (secondary N) is 2. The maximum absolute atomic E-state index is 13.0. The van der Waals surface area contributed by atoms with E-state index in [0.717, 1.165) is 17.7 Å². The molecule has 0 bridgehead atoms. The van der Waals surface area contributed by atoms with E-state index in [9.17, 15) is 18.0 Å². The lowest BCUT2D eigenvalue weighted by Gasteiger charge is -2.27. The largest absolute Gasteiger partial charge is 0.453 e. The Labute approximate surface area is 142 Å². The summed E-state index contributed by atoms with van der Waals surface area (Å²) < 4.78 is 43.6. The number of fused-ring (bicyclic) bond motifs is 1. The van der Waals surface area contributed by atoms with E-state index in [1.807, 2.05) is 30.3 Å². The Morgan fingerprint density at radius 1 is 1.16 bits per heavy atom. The van der Waals surface area contributed by atoms with Crippen LogP contribution < -0.4 is 10.6 Å². The van der Waals surface area contributed by atoms with Crippen LogP contribution in [-0.4, -0.2) is 13.2 Å². The highest BCUT2D eigenvalue weighted by atomic mass is 19.4. The summed E-state index contributed by atoms with van der Waals surface area (Å²) in [6, 6.07) is 12.4. The highest BCUT2D eigenvalue weighted by molar-refractivity contribution is 5.88. The number of benzene rings is 2. The van der Waals surface area contributed by atoms with E-state index in [1.54, 1.807) is 6.08 Å². The molecule has 1 aliphatic rings. The zero-order valence-corrected chi connectivity index (χ0v) is 13.2. The number of ether oxygens (including phenoxy) is 1. The Balaban J connectivity index is 2.05. The van der Waals surface area contributed by atoms with Crippen LogP contribution in [0.3, 0.4) is 0 Å². The number of hydrogen-bond donors (Lipinski definition) is 2. The summed E-state index contributed by atoms with van der Waals surface area (Å²) in [6.45, 7) is 0. The summed E-state index contributed by atoms with van der Waals surface area (Å²) in [7, 11) is 1.19. The molecule has 2 N–H and O–H groups in total. The number of carbonyl (C=O) groups excluding carboxylic acids is 1. The molecule has 4 nitrogen and oxygen atoms in total. The molecule has 1 amide bonds. The Hall–Kier alpha value is -2.96. The average Bonchev–Trinajstić information content (AvgIpc) is 2.61. The van der Waals surface area contributed by atoms with Crippen LogP contribution in [-0.2, 0) is 10.9 Å². The summed E-state index contributed by atoms with van der Waals surface area (Å²) >= 11 is 0. The van der Waals surface area contributed by atoms with E-state index < -0.39 is 17.8 Å². The van der Waals surface area contributed by atoms with Gasteiger partial charge in [-0.15, -0.1) is 0 Å². The van der Waals surface area contributed by atoms with E-state index >= 15 is 0 Å². The molecule has 2 aromatic rings. The Bertz CT molecular complexity index is 817. The second-order valence-electron chi connectivity index (χ2n) is 5.49. The van der Waals surface area contributed by atoms with Crippen molar-refractivity contribution in [2.75, 3.05) is 12.4 Å². The molecule has 0 aliphatic carbocycles. The molecule has 7 heteroatoms. The van der Waals surface area contributed by atoms with Crippen LogP contribution in [0.5, 0.6) is 0 Å². The number of hydrogen-bond acceptors (Lipinski definition) is 3. The summed E-state index contributed by atoms with van der Waals surface area (Å²) in [6.07, 6.45) is -3.56. The zero-order valence-electron chi connectivity index (χ0n) is 13.2. The van der Waals surface area contributed by atoms with Crippen molar-refractivity contribution in [1.29, 1.82) is 0 Å². The van der Waals surface area contributed by atoms with Gasteiger partial charge in [-0.1, -0.05) is 30.3 Å². The van der Waals surface area contributed by atoms with Crippen LogP contribution in [0, 0.1) is 0 Å². The molecular weight excluding hydrogens is 333 g/mol. The van der Waals surface area contributed by atoms with Gasteiger partial charge in [0.15, 0.2) is 0 Å². The predicted molar refractivity (Wildman–Crippen MR) is 87.8 cm³/mol. The molecule has 0 unspecified atom stereocenters. The van der Waals surface area contributed by atoms with Crippen molar-refractivity contribution in [3.63, 3.8) is 0 Å². The first-order chi connectivity index (χ1) is 11.9. The molecule has 0 saturated heterocycles. The van der Waals surface area contributed by atoms with Gasteiger partial charge in [-0.05, 0) is 29.8 Å². The monoisotopic (exact) mass is 348 g/mol. The smallest absolute Gasteiger partial charge is 0.416 e. The quantitative estimate of drug-likeness (QED) is 0.836. The molecular formula is C18H15F3N2O2. The van der Waals surface area contributed by atoms with Crippen LogP contribution >= 0.6 is 0 Å². The van der Waals surface area contributed by atoms with Crippen LogP contribution in [0.1, 0.15) is 22.7 Å². The van der Waals surface area contributed by atoms with Crippen LogP contribution in [0.2, 0.25) is 0 Å². The molecule has 0 spiro atoms. The third kappa shape index (κ3) is 3.60. The van der Waals surface area contributed by atoms with E-state index in [4.69, 9.17) is 0 Å². The lowest BCUT2D eigenvalue weighted by molar-refractivity contribution is -0.137. The fraction of sp³-hybridized carbons (Fsp3) is 0.167. The molecule has 0 radical (unpaired) electrons. The van der Waals surface area contributed by atoms with Gasteiger partial charge in [0, 0.05) is 11.3 Å². The average molecular weight is 348 g/mol. The molecule has 0 fully saturated rings. The van der Waals surface area contributed by atoms with Crippen LogP contribution in [0.25, 0.3) is 5.70 Å². The van der Waals surface area contributed by atoms with E-state index in [2.05, 4.69) is 15.4 Å². The molecule has 25 heavy (non-hydrogen) atoms. The topological polar surface area (TPSA) is 50.4 Å². The van der Waals surface area contributed by atoms with Gasteiger partial charge in [0.1, 0.15) is 0 Å². The van der Waals surface area contributed by atoms with Crippen LogP contribution in [0.15, 0.2) is 54.6 Å². The third-order valence-electron chi connectivity index (χ3n) is 3.86. The minimum Gasteiger partial charge on any atom is -0.453 e. The van der Waals surface area contributed by atoms with E-state index in [0.29, 0.717) is 5.69 Å². The second kappa shape index (κ2) is 6.51. The SMILES string of the molecule is COC(=O)NC1=C[C@@H](c2ccccc2)Nc2ccc(C(F)(F)F)cc21. The second-order valence-corrected chi connectivity index (χ2v) is 5.49. The van der Waals surface area contributed by atoms with Gasteiger partial charge in [0.2, 0.25) is 0 Å². The fourth-order valence-electron chi connectivity index (χ4n) is 2.64. The van der Waals surface area contributed by atoms with Gasteiger partial charge in [0.05, 0.1) is 24.4 Å². The summed E-state index contributed by atoms with van der Waals surface area (Å²) in [5.41, 5.74) is 1.14. The normalized spacial score (nSPS) is 16.3. The standard InChI is InChI=1S/C18H15F3N2O2/c1-25-17(24)23-16-10-15(11-5-3-2-4-6-11)22-14-8-7-12(9-13(14)16)18(19,20)21/h2-10,15,22H,1H3,(H,23,24)/t15-/m0/s1. The highest BCUT2D eigenvalue weighted by Gasteiger charge is 2.32. The number of alkyl carbamates (subject to hydrolysis) is 1. The first kappa shape index (κ1) is 16.9. The zero-order chi connectivity index (χ0) is 18.0. The predicted octanol–water partition coefficient (Wildman–Crippen LogP) is 4.57. The number of amides is 1. The number of halogens is 3. The summed E-state index contributed by atoms with van der Waals surface area (Å²) in [5, 5.41) is 5.67. The van der Waals surface area contributed by atoms with Crippen molar-refractivity contribution in [3.8, 4) is 0 Å². The first-order valence-electron chi connectivity index (χ1n) is 7.48. The van der Waals surface area contributed by atoms with Gasteiger partial charge in [0.25, 0.3) is 0 Å². The maximum atomic E-state index is 13.0. The Morgan fingerprint density at radius 2 is 1.88 bits per heavy atom. The maximum Gasteiger partial charge on any atom is 0.416 e. The molecule has 1 aliphatic heterocycles. The van der Waals surface area contributed by atoms with Crippen molar-refractivity contribution in [2.45, 2.75) is 12.2 Å². The molecule has 2 aromatic carbocycles. The number of rotatable bonds is 2. The molecule has 3 rings (SSSR count). The highest BCUT2D eigenvalue weighted by Crippen LogP contribution is 2.38. The summed E-state index contributed by atoms with van der Waals surface area (Å²) in [5.74, 6) is 0.